The van der Waals surface area contributed by atoms with Gasteiger partial charge < -0.3 is 15.0 Å². The number of methoxy groups -OCH3 is 1. The summed E-state index contributed by atoms with van der Waals surface area (Å²) in [6.45, 7) is 1.92. The van der Waals surface area contributed by atoms with Crippen LogP contribution < -0.4 is 5.32 Å². The molecule has 0 aliphatic carbocycles. The zero-order valence-corrected chi connectivity index (χ0v) is 14.6. The summed E-state index contributed by atoms with van der Waals surface area (Å²) in [5.74, 6) is -0.621. The number of carbonyl (C=O) groups is 2. The van der Waals surface area contributed by atoms with Gasteiger partial charge in [0.15, 0.2) is 0 Å². The molecule has 1 heterocycles. The minimum Gasteiger partial charge on any atom is -0.465 e. The summed E-state index contributed by atoms with van der Waals surface area (Å²) in [5, 5.41) is 4.37. The lowest BCUT2D eigenvalue weighted by Crippen LogP contribution is -2.15. The molecule has 1 amide bonds. The number of aromatic amines is 1. The van der Waals surface area contributed by atoms with Gasteiger partial charge in [-0.25, -0.2) is 4.79 Å². The molecule has 0 saturated carbocycles. The number of hydrogen-bond donors (Lipinski definition) is 2. The van der Waals surface area contributed by atoms with Crippen LogP contribution in [0.5, 0.6) is 0 Å². The molecule has 0 unspecified atom stereocenters. The third kappa shape index (κ3) is 3.67. The molecule has 3 rings (SSSR count). The van der Waals surface area contributed by atoms with Crippen LogP contribution in [0, 0.1) is 6.92 Å². The predicted molar refractivity (Wildman–Crippen MR) is 98.2 cm³/mol. The Bertz CT molecular complexity index is 962. The molecule has 0 fully saturated rings. The number of aryl methyl sites for hydroxylation is 1. The second-order valence-corrected chi connectivity index (χ2v) is 6.15. The Balaban J connectivity index is 1.81. The molecule has 1 aromatic heterocycles. The number of hydrogen-bond acceptors (Lipinski definition) is 3. The molecule has 0 radical (unpaired) electrons. The van der Waals surface area contributed by atoms with Crippen LogP contribution in [0.15, 0.2) is 42.5 Å². The highest BCUT2D eigenvalue weighted by molar-refractivity contribution is 6.31. The SMILES string of the molecule is COC(=O)c1cccc(NC(=O)Cc2c(C)[nH]c3ccc(Cl)cc23)c1. The van der Waals surface area contributed by atoms with E-state index in [-0.39, 0.29) is 12.3 Å². The van der Waals surface area contributed by atoms with Crippen molar-refractivity contribution in [3.63, 3.8) is 0 Å². The molecular weight excluding hydrogens is 340 g/mol. The number of fused-ring (bicyclic) bond motifs is 1. The van der Waals surface area contributed by atoms with E-state index < -0.39 is 5.97 Å². The summed E-state index contributed by atoms with van der Waals surface area (Å²) in [5.41, 5.74) is 3.70. The van der Waals surface area contributed by atoms with Gasteiger partial charge in [-0.05, 0) is 48.9 Å². The van der Waals surface area contributed by atoms with Crippen LogP contribution in [-0.2, 0) is 16.0 Å². The second kappa shape index (κ2) is 6.99. The fourth-order valence-electron chi connectivity index (χ4n) is 2.79. The van der Waals surface area contributed by atoms with E-state index in [2.05, 4.69) is 15.0 Å². The molecule has 3 aromatic rings. The number of halogens is 1. The molecule has 0 aliphatic rings. The van der Waals surface area contributed by atoms with E-state index in [1.807, 2.05) is 25.1 Å². The summed E-state index contributed by atoms with van der Waals surface area (Å²) >= 11 is 6.07. The molecule has 5 nitrogen and oxygen atoms in total. The van der Waals surface area contributed by atoms with E-state index in [9.17, 15) is 9.59 Å². The van der Waals surface area contributed by atoms with Crippen LogP contribution in [0.4, 0.5) is 5.69 Å². The van der Waals surface area contributed by atoms with Crippen LogP contribution in [0.1, 0.15) is 21.6 Å². The molecule has 25 heavy (non-hydrogen) atoms. The highest BCUT2D eigenvalue weighted by Gasteiger charge is 2.14. The van der Waals surface area contributed by atoms with Crippen molar-refractivity contribution in [2.45, 2.75) is 13.3 Å². The van der Waals surface area contributed by atoms with Crippen molar-refractivity contribution < 1.29 is 14.3 Å². The normalized spacial score (nSPS) is 10.7. The average Bonchev–Trinajstić information content (AvgIpc) is 2.89. The number of anilines is 1. The third-order valence-corrected chi connectivity index (χ3v) is 4.22. The predicted octanol–water partition coefficient (Wildman–Crippen LogP) is 4.10. The Kier molecular flexibility index (Phi) is 4.76. The first-order chi connectivity index (χ1) is 12.0. The molecular formula is C19H17ClN2O3. The zero-order chi connectivity index (χ0) is 18.0. The van der Waals surface area contributed by atoms with E-state index in [0.717, 1.165) is 22.2 Å². The van der Waals surface area contributed by atoms with E-state index in [1.165, 1.54) is 7.11 Å². The number of rotatable bonds is 4. The van der Waals surface area contributed by atoms with Gasteiger partial charge >= 0.3 is 5.97 Å². The summed E-state index contributed by atoms with van der Waals surface area (Å²) < 4.78 is 4.69. The highest BCUT2D eigenvalue weighted by Crippen LogP contribution is 2.26. The van der Waals surface area contributed by atoms with Gasteiger partial charge in [-0.1, -0.05) is 17.7 Å². The fraction of sp³-hybridized carbons (Fsp3) is 0.158. The Hall–Kier alpha value is -2.79. The maximum atomic E-state index is 12.4. The molecule has 0 bridgehead atoms. The van der Waals surface area contributed by atoms with Crippen molar-refractivity contribution in [2.24, 2.45) is 0 Å². The largest absolute Gasteiger partial charge is 0.465 e. The van der Waals surface area contributed by atoms with Gasteiger partial charge in [0.25, 0.3) is 0 Å². The van der Waals surface area contributed by atoms with Crippen LogP contribution in [0.2, 0.25) is 5.02 Å². The molecule has 0 spiro atoms. The van der Waals surface area contributed by atoms with Gasteiger partial charge in [-0.2, -0.15) is 0 Å². The Morgan fingerprint density at radius 1 is 1.20 bits per heavy atom. The molecule has 128 valence electrons. The Labute approximate surface area is 149 Å². The average molecular weight is 357 g/mol. The maximum Gasteiger partial charge on any atom is 0.337 e. The smallest absolute Gasteiger partial charge is 0.337 e. The Morgan fingerprint density at radius 3 is 2.76 bits per heavy atom. The van der Waals surface area contributed by atoms with Crippen molar-refractivity contribution in [2.75, 3.05) is 12.4 Å². The number of nitrogens with one attached hydrogen (secondary N) is 2. The lowest BCUT2D eigenvalue weighted by molar-refractivity contribution is -0.115. The standard InChI is InChI=1S/C19H17ClN2O3/c1-11-15(16-9-13(20)6-7-17(16)21-11)10-18(23)22-14-5-3-4-12(8-14)19(24)25-2/h3-9,21H,10H2,1-2H3,(H,22,23). The van der Waals surface area contributed by atoms with Crippen molar-refractivity contribution in [3.05, 3.63) is 64.3 Å². The van der Waals surface area contributed by atoms with Crippen LogP contribution in [0.3, 0.4) is 0 Å². The number of amides is 1. The van der Waals surface area contributed by atoms with Crippen molar-refractivity contribution >= 4 is 40.1 Å². The number of esters is 1. The fourth-order valence-corrected chi connectivity index (χ4v) is 2.96. The van der Waals surface area contributed by atoms with Gasteiger partial charge in [0.2, 0.25) is 5.91 Å². The molecule has 0 aliphatic heterocycles. The third-order valence-electron chi connectivity index (χ3n) is 3.99. The van der Waals surface area contributed by atoms with Gasteiger partial charge in [-0.3, -0.25) is 4.79 Å². The van der Waals surface area contributed by atoms with Gasteiger partial charge in [0.1, 0.15) is 0 Å². The summed E-state index contributed by atoms with van der Waals surface area (Å²) in [4.78, 5) is 27.3. The number of ether oxygens (including phenoxy) is 1. The van der Waals surface area contributed by atoms with Gasteiger partial charge in [-0.15, -0.1) is 0 Å². The van der Waals surface area contributed by atoms with Crippen molar-refractivity contribution in [1.29, 1.82) is 0 Å². The number of H-pyrrole nitrogens is 1. The number of carbonyl (C=O) groups excluding carboxylic acids is 2. The maximum absolute atomic E-state index is 12.4. The van der Waals surface area contributed by atoms with E-state index in [0.29, 0.717) is 16.3 Å². The van der Waals surface area contributed by atoms with Crippen LogP contribution in [-0.4, -0.2) is 24.0 Å². The summed E-state index contributed by atoms with van der Waals surface area (Å²) in [7, 11) is 1.32. The molecule has 2 aromatic carbocycles. The minimum atomic E-state index is -0.446. The monoisotopic (exact) mass is 356 g/mol. The summed E-state index contributed by atoms with van der Waals surface area (Å²) in [6, 6.07) is 12.2. The number of aromatic nitrogens is 1. The summed E-state index contributed by atoms with van der Waals surface area (Å²) in [6.07, 6.45) is 0.203. The van der Waals surface area contributed by atoms with E-state index in [4.69, 9.17) is 11.6 Å². The topological polar surface area (TPSA) is 71.2 Å². The van der Waals surface area contributed by atoms with Crippen LogP contribution in [0.25, 0.3) is 10.9 Å². The van der Waals surface area contributed by atoms with E-state index >= 15 is 0 Å². The Morgan fingerprint density at radius 2 is 2.00 bits per heavy atom. The molecule has 0 saturated heterocycles. The second-order valence-electron chi connectivity index (χ2n) is 5.72. The quantitative estimate of drug-likeness (QED) is 0.691. The first-order valence-electron chi connectivity index (χ1n) is 7.73. The number of benzene rings is 2. The highest BCUT2D eigenvalue weighted by atomic mass is 35.5. The molecule has 6 heteroatoms. The lowest BCUT2D eigenvalue weighted by Gasteiger charge is -2.07. The lowest BCUT2D eigenvalue weighted by atomic mass is 10.1. The van der Waals surface area contributed by atoms with Crippen molar-refractivity contribution in [3.8, 4) is 0 Å². The first kappa shape index (κ1) is 17.0. The zero-order valence-electron chi connectivity index (χ0n) is 13.9. The minimum absolute atomic E-state index is 0.175. The van der Waals surface area contributed by atoms with Gasteiger partial charge in [0, 0.05) is 27.3 Å². The molecule has 0 atom stereocenters. The first-order valence-corrected chi connectivity index (χ1v) is 8.10. The molecule has 2 N–H and O–H groups in total. The van der Waals surface area contributed by atoms with Crippen molar-refractivity contribution in [1.82, 2.24) is 4.98 Å². The van der Waals surface area contributed by atoms with Gasteiger partial charge in [0.05, 0.1) is 19.1 Å². The van der Waals surface area contributed by atoms with E-state index in [1.54, 1.807) is 24.3 Å². The van der Waals surface area contributed by atoms with Crippen LogP contribution >= 0.6 is 11.6 Å².